The lowest BCUT2D eigenvalue weighted by molar-refractivity contribution is -0.116. The van der Waals surface area contributed by atoms with Crippen molar-refractivity contribution in [2.75, 3.05) is 0 Å². The number of carbonyl (C=O) groups is 1. The number of aryl methyl sites for hydroxylation is 1. The van der Waals surface area contributed by atoms with Crippen LogP contribution in [0.15, 0.2) is 55.0 Å². The standard InChI is InChI=1S/C16H16N6O/c1-21-10-9-17-15(21)12-18-16(23)8-7-13-11-19-22(20-13)14-5-3-2-4-6-14/h2-11H,12H2,1H3,(H,18,23)/b8-7+. The minimum atomic E-state index is -0.206. The first-order chi connectivity index (χ1) is 11.2. The van der Waals surface area contributed by atoms with Gasteiger partial charge in [-0.1, -0.05) is 18.2 Å². The third kappa shape index (κ3) is 3.70. The Labute approximate surface area is 133 Å². The summed E-state index contributed by atoms with van der Waals surface area (Å²) in [5.74, 6) is 0.587. The van der Waals surface area contributed by atoms with Gasteiger partial charge in [-0.2, -0.15) is 9.90 Å². The average Bonchev–Trinajstić information content (AvgIpc) is 3.21. The predicted molar refractivity (Wildman–Crippen MR) is 85.4 cm³/mol. The van der Waals surface area contributed by atoms with E-state index in [0.29, 0.717) is 12.2 Å². The van der Waals surface area contributed by atoms with Crippen molar-refractivity contribution in [3.8, 4) is 5.69 Å². The van der Waals surface area contributed by atoms with E-state index in [0.717, 1.165) is 11.5 Å². The van der Waals surface area contributed by atoms with Gasteiger partial charge in [0.15, 0.2) is 0 Å². The zero-order valence-corrected chi connectivity index (χ0v) is 12.6. The van der Waals surface area contributed by atoms with Crippen molar-refractivity contribution < 1.29 is 4.79 Å². The van der Waals surface area contributed by atoms with E-state index in [2.05, 4.69) is 20.5 Å². The molecule has 1 aromatic carbocycles. The number of hydrogen-bond acceptors (Lipinski definition) is 4. The smallest absolute Gasteiger partial charge is 0.244 e. The van der Waals surface area contributed by atoms with E-state index >= 15 is 0 Å². The lowest BCUT2D eigenvalue weighted by Gasteiger charge is -2.01. The zero-order valence-electron chi connectivity index (χ0n) is 12.6. The van der Waals surface area contributed by atoms with E-state index in [-0.39, 0.29) is 5.91 Å². The van der Waals surface area contributed by atoms with Gasteiger partial charge in [0.25, 0.3) is 0 Å². The van der Waals surface area contributed by atoms with Gasteiger partial charge >= 0.3 is 0 Å². The normalized spacial score (nSPS) is 11.0. The van der Waals surface area contributed by atoms with Gasteiger partial charge in [0.2, 0.25) is 5.91 Å². The Morgan fingerprint density at radius 3 is 2.87 bits per heavy atom. The molecule has 0 saturated carbocycles. The van der Waals surface area contributed by atoms with E-state index in [1.807, 2.05) is 48.1 Å². The van der Waals surface area contributed by atoms with Gasteiger partial charge in [0.05, 0.1) is 18.4 Å². The molecular formula is C16H16N6O. The van der Waals surface area contributed by atoms with Gasteiger partial charge in [-0.25, -0.2) is 4.98 Å². The molecule has 2 heterocycles. The minimum Gasteiger partial charge on any atom is -0.345 e. The fraction of sp³-hybridized carbons (Fsp3) is 0.125. The summed E-state index contributed by atoms with van der Waals surface area (Å²) >= 11 is 0. The van der Waals surface area contributed by atoms with Crippen molar-refractivity contribution >= 4 is 12.0 Å². The van der Waals surface area contributed by atoms with E-state index in [1.54, 1.807) is 18.5 Å². The molecule has 0 spiro atoms. The Bertz CT molecular complexity index is 818. The van der Waals surface area contributed by atoms with E-state index in [9.17, 15) is 4.79 Å². The van der Waals surface area contributed by atoms with Crippen LogP contribution in [0.1, 0.15) is 11.5 Å². The molecule has 0 saturated heterocycles. The van der Waals surface area contributed by atoms with Crippen LogP contribution in [0.25, 0.3) is 11.8 Å². The molecule has 0 bridgehead atoms. The van der Waals surface area contributed by atoms with Gasteiger partial charge in [-0.05, 0) is 18.2 Å². The summed E-state index contributed by atoms with van der Waals surface area (Å²) in [5.41, 5.74) is 1.48. The molecule has 0 aliphatic carbocycles. The second kappa shape index (κ2) is 6.69. The van der Waals surface area contributed by atoms with Crippen LogP contribution >= 0.6 is 0 Å². The Morgan fingerprint density at radius 1 is 1.30 bits per heavy atom. The summed E-state index contributed by atoms with van der Waals surface area (Å²) in [4.78, 5) is 17.5. The maximum absolute atomic E-state index is 11.8. The van der Waals surface area contributed by atoms with Crippen molar-refractivity contribution in [3.05, 3.63) is 66.5 Å². The average molecular weight is 308 g/mol. The van der Waals surface area contributed by atoms with E-state index < -0.39 is 0 Å². The fourth-order valence-electron chi connectivity index (χ4n) is 1.99. The van der Waals surface area contributed by atoms with Crippen LogP contribution in [0, 0.1) is 0 Å². The quantitative estimate of drug-likeness (QED) is 0.721. The molecule has 7 heteroatoms. The van der Waals surface area contributed by atoms with Crippen molar-refractivity contribution in [1.82, 2.24) is 29.9 Å². The number of para-hydroxylation sites is 1. The van der Waals surface area contributed by atoms with E-state index in [1.165, 1.54) is 10.9 Å². The molecule has 3 rings (SSSR count). The first-order valence-corrected chi connectivity index (χ1v) is 7.12. The van der Waals surface area contributed by atoms with Crippen LogP contribution in [-0.2, 0) is 18.4 Å². The van der Waals surface area contributed by atoms with Crippen LogP contribution in [0.2, 0.25) is 0 Å². The predicted octanol–water partition coefficient (Wildman–Crippen LogP) is 1.33. The number of nitrogens with one attached hydrogen (secondary N) is 1. The van der Waals surface area contributed by atoms with Crippen molar-refractivity contribution in [1.29, 1.82) is 0 Å². The van der Waals surface area contributed by atoms with Gasteiger partial charge < -0.3 is 9.88 Å². The topological polar surface area (TPSA) is 77.6 Å². The number of carbonyl (C=O) groups excluding carboxylic acids is 1. The summed E-state index contributed by atoms with van der Waals surface area (Å²) in [6, 6.07) is 9.58. The fourth-order valence-corrected chi connectivity index (χ4v) is 1.99. The molecule has 23 heavy (non-hydrogen) atoms. The van der Waals surface area contributed by atoms with Crippen molar-refractivity contribution in [2.45, 2.75) is 6.54 Å². The van der Waals surface area contributed by atoms with Crippen LogP contribution < -0.4 is 5.32 Å². The Hall–Kier alpha value is -3.22. The van der Waals surface area contributed by atoms with Crippen molar-refractivity contribution in [2.24, 2.45) is 7.05 Å². The summed E-state index contributed by atoms with van der Waals surface area (Å²) < 4.78 is 1.86. The number of rotatable bonds is 5. The van der Waals surface area contributed by atoms with Crippen LogP contribution in [-0.4, -0.2) is 30.5 Å². The van der Waals surface area contributed by atoms with E-state index in [4.69, 9.17) is 0 Å². The summed E-state index contributed by atoms with van der Waals surface area (Å²) in [6.07, 6.45) is 8.19. The molecule has 0 aliphatic rings. The highest BCUT2D eigenvalue weighted by Gasteiger charge is 2.02. The molecule has 2 aromatic heterocycles. The second-order valence-electron chi connectivity index (χ2n) is 4.90. The van der Waals surface area contributed by atoms with Crippen LogP contribution in [0.4, 0.5) is 0 Å². The third-order valence-electron chi connectivity index (χ3n) is 3.24. The van der Waals surface area contributed by atoms with Crippen LogP contribution in [0.3, 0.4) is 0 Å². The molecule has 3 aromatic rings. The Balaban J connectivity index is 1.58. The molecule has 116 valence electrons. The van der Waals surface area contributed by atoms with Gasteiger partial charge in [-0.3, -0.25) is 4.79 Å². The molecule has 0 aliphatic heterocycles. The van der Waals surface area contributed by atoms with Gasteiger partial charge in [0.1, 0.15) is 11.5 Å². The Kier molecular flexibility index (Phi) is 4.28. The van der Waals surface area contributed by atoms with Crippen molar-refractivity contribution in [3.63, 3.8) is 0 Å². The molecule has 0 atom stereocenters. The molecule has 0 unspecified atom stereocenters. The minimum absolute atomic E-state index is 0.206. The Morgan fingerprint density at radius 2 is 2.13 bits per heavy atom. The highest BCUT2D eigenvalue weighted by atomic mass is 16.1. The molecule has 0 radical (unpaired) electrons. The number of aromatic nitrogens is 5. The molecule has 0 fully saturated rings. The molecule has 1 amide bonds. The first kappa shape index (κ1) is 14.7. The summed E-state index contributed by atoms with van der Waals surface area (Å²) in [5, 5.41) is 11.2. The summed E-state index contributed by atoms with van der Waals surface area (Å²) in [7, 11) is 1.88. The highest BCUT2D eigenvalue weighted by Crippen LogP contribution is 2.05. The SMILES string of the molecule is Cn1ccnc1CNC(=O)/C=C/c1cnn(-c2ccccc2)n1. The maximum Gasteiger partial charge on any atom is 0.244 e. The number of benzene rings is 1. The number of hydrogen-bond donors (Lipinski definition) is 1. The summed E-state index contributed by atoms with van der Waals surface area (Å²) in [6.45, 7) is 0.378. The second-order valence-corrected chi connectivity index (χ2v) is 4.90. The molecule has 7 nitrogen and oxygen atoms in total. The first-order valence-electron chi connectivity index (χ1n) is 7.12. The van der Waals surface area contributed by atoms with Gasteiger partial charge in [0, 0.05) is 25.5 Å². The van der Waals surface area contributed by atoms with Gasteiger partial charge in [-0.15, -0.1) is 5.10 Å². The zero-order chi connectivity index (χ0) is 16.1. The number of imidazole rings is 1. The third-order valence-corrected chi connectivity index (χ3v) is 3.24. The van der Waals surface area contributed by atoms with Crippen LogP contribution in [0.5, 0.6) is 0 Å². The maximum atomic E-state index is 11.8. The molecule has 1 N–H and O–H groups in total. The molecular weight excluding hydrogens is 292 g/mol. The highest BCUT2D eigenvalue weighted by molar-refractivity contribution is 5.91. The number of amides is 1. The number of nitrogens with zero attached hydrogens (tertiary/aromatic N) is 5. The lowest BCUT2D eigenvalue weighted by Crippen LogP contribution is -2.22. The largest absolute Gasteiger partial charge is 0.345 e. The lowest BCUT2D eigenvalue weighted by atomic mass is 10.3. The monoisotopic (exact) mass is 308 g/mol.